The van der Waals surface area contributed by atoms with Gasteiger partial charge in [0.1, 0.15) is 5.82 Å². The largest absolute Gasteiger partial charge is 0.381 e. The fraction of sp³-hybridized carbons (Fsp3) is 0.435. The maximum Gasteiger partial charge on any atom is 0.162 e. The number of imidazole rings is 1. The van der Waals surface area contributed by atoms with Gasteiger partial charge in [-0.05, 0) is 31.2 Å². The van der Waals surface area contributed by atoms with Crippen molar-refractivity contribution in [3.63, 3.8) is 0 Å². The summed E-state index contributed by atoms with van der Waals surface area (Å²) in [6, 6.07) is 5.59. The van der Waals surface area contributed by atoms with Crippen molar-refractivity contribution in [2.75, 3.05) is 41.9 Å². The molecule has 3 rings (SSSR count). The highest BCUT2D eigenvalue weighted by molar-refractivity contribution is 7.98. The minimum Gasteiger partial charge on any atom is -0.381 e. The van der Waals surface area contributed by atoms with Gasteiger partial charge in [-0.2, -0.15) is 11.8 Å². The molecule has 0 aliphatic rings. The lowest BCUT2D eigenvalue weighted by Gasteiger charge is -2.24. The summed E-state index contributed by atoms with van der Waals surface area (Å²) in [4.78, 5) is 7.14. The topological polar surface area (TPSA) is 58.6 Å². The van der Waals surface area contributed by atoms with Crippen LogP contribution in [0.3, 0.4) is 0 Å². The maximum absolute atomic E-state index is 6.61. The molecule has 31 heavy (non-hydrogen) atoms. The fourth-order valence-electron chi connectivity index (χ4n) is 3.65. The van der Waals surface area contributed by atoms with Crippen LogP contribution in [-0.2, 0) is 6.54 Å². The molecule has 0 spiro atoms. The number of rotatable bonds is 10. The zero-order chi connectivity index (χ0) is 22.5. The Morgan fingerprint density at radius 3 is 2.65 bits per heavy atom. The van der Waals surface area contributed by atoms with Crippen LogP contribution in [0, 0.1) is 5.92 Å². The van der Waals surface area contributed by atoms with Crippen molar-refractivity contribution in [2.24, 2.45) is 11.7 Å². The van der Waals surface area contributed by atoms with Crippen LogP contribution in [0.1, 0.15) is 26.3 Å². The minimum absolute atomic E-state index is 0.372. The van der Waals surface area contributed by atoms with Gasteiger partial charge in [-0.25, -0.2) is 4.98 Å². The lowest BCUT2D eigenvalue weighted by Crippen LogP contribution is -2.26. The summed E-state index contributed by atoms with van der Waals surface area (Å²) in [6.45, 7) is 9.59. The van der Waals surface area contributed by atoms with Gasteiger partial charge in [-0.3, -0.25) is 4.40 Å². The Balaban J connectivity index is 2.27. The Bertz CT molecular complexity index is 1030. The fourth-order valence-corrected chi connectivity index (χ4v) is 4.57. The van der Waals surface area contributed by atoms with E-state index in [1.165, 1.54) is 0 Å². The number of hydrogen-bond donors (Lipinski definition) is 2. The van der Waals surface area contributed by atoms with Crippen molar-refractivity contribution in [3.8, 4) is 11.1 Å². The summed E-state index contributed by atoms with van der Waals surface area (Å²) in [5.74, 6) is 2.60. The molecule has 0 aliphatic carbocycles. The van der Waals surface area contributed by atoms with Gasteiger partial charge in [0.15, 0.2) is 5.65 Å². The van der Waals surface area contributed by atoms with Crippen molar-refractivity contribution in [3.05, 3.63) is 46.2 Å². The van der Waals surface area contributed by atoms with E-state index in [0.717, 1.165) is 59.2 Å². The van der Waals surface area contributed by atoms with E-state index in [2.05, 4.69) is 47.8 Å². The second kappa shape index (κ2) is 10.8. The normalized spacial score (nSPS) is 11.5. The zero-order valence-corrected chi connectivity index (χ0v) is 20.9. The van der Waals surface area contributed by atoms with Gasteiger partial charge >= 0.3 is 0 Å². The molecule has 2 aromatic heterocycles. The van der Waals surface area contributed by atoms with Crippen LogP contribution in [0.5, 0.6) is 0 Å². The Morgan fingerprint density at radius 2 is 2.03 bits per heavy atom. The standard InChI is InChI=1S/C23H31Cl2N5S/c1-5-29(8-9-31-4)21-13-28-23-22(27-12-15(2)3)18(11-26)19(14-30(21)23)17-7-6-16(24)10-20(17)25/h6-7,10,13-15,27H,5,8-9,11-12,26H2,1-4H3. The second-order valence-corrected chi connectivity index (χ2v) is 9.71. The molecule has 0 unspecified atom stereocenters. The van der Waals surface area contributed by atoms with E-state index in [9.17, 15) is 0 Å². The monoisotopic (exact) mass is 479 g/mol. The lowest BCUT2D eigenvalue weighted by atomic mass is 10.00. The Labute approximate surface area is 199 Å². The molecule has 168 valence electrons. The molecule has 0 saturated heterocycles. The first-order valence-corrected chi connectivity index (χ1v) is 12.7. The first-order chi connectivity index (χ1) is 14.9. The number of anilines is 2. The molecule has 1 aromatic carbocycles. The third-order valence-corrected chi connectivity index (χ3v) is 6.41. The summed E-state index contributed by atoms with van der Waals surface area (Å²) in [5.41, 5.74) is 11.0. The highest BCUT2D eigenvalue weighted by Gasteiger charge is 2.20. The van der Waals surface area contributed by atoms with Crippen molar-refractivity contribution in [1.82, 2.24) is 9.38 Å². The summed E-state index contributed by atoms with van der Waals surface area (Å²) in [6.07, 6.45) is 6.19. The van der Waals surface area contributed by atoms with Gasteiger partial charge in [-0.15, -0.1) is 0 Å². The number of benzene rings is 1. The minimum atomic E-state index is 0.372. The predicted octanol–water partition coefficient (Wildman–Crippen LogP) is 6.02. The molecule has 0 saturated carbocycles. The summed E-state index contributed by atoms with van der Waals surface area (Å²) >= 11 is 14.6. The molecule has 8 heteroatoms. The zero-order valence-electron chi connectivity index (χ0n) is 18.6. The Morgan fingerprint density at radius 1 is 1.26 bits per heavy atom. The van der Waals surface area contributed by atoms with Crippen molar-refractivity contribution in [1.29, 1.82) is 0 Å². The predicted molar refractivity (Wildman–Crippen MR) is 138 cm³/mol. The molecule has 0 fully saturated rings. The van der Waals surface area contributed by atoms with E-state index >= 15 is 0 Å². The Kier molecular flexibility index (Phi) is 8.39. The van der Waals surface area contributed by atoms with E-state index in [1.807, 2.05) is 30.1 Å². The molecule has 5 nitrogen and oxygen atoms in total. The molecule has 0 bridgehead atoms. The number of thioether (sulfide) groups is 1. The van der Waals surface area contributed by atoms with E-state index < -0.39 is 0 Å². The third kappa shape index (κ3) is 5.25. The van der Waals surface area contributed by atoms with Gasteiger partial charge in [0, 0.05) is 64.9 Å². The molecule has 0 atom stereocenters. The first-order valence-electron chi connectivity index (χ1n) is 10.6. The van der Waals surface area contributed by atoms with E-state index in [0.29, 0.717) is 22.5 Å². The molecular formula is C23H31Cl2N5S. The van der Waals surface area contributed by atoms with Crippen LogP contribution >= 0.6 is 35.0 Å². The summed E-state index contributed by atoms with van der Waals surface area (Å²) in [5, 5.41) is 4.82. The molecule has 0 radical (unpaired) electrons. The molecule has 3 N–H and O–H groups in total. The number of nitrogens with one attached hydrogen (secondary N) is 1. The SMILES string of the molecule is CCN(CCSC)c1cnc2c(NCC(C)C)c(CN)c(-c3ccc(Cl)cc3Cl)cn12. The molecule has 0 amide bonds. The van der Waals surface area contributed by atoms with Crippen LogP contribution in [0.2, 0.25) is 10.0 Å². The average molecular weight is 481 g/mol. The number of nitrogens with two attached hydrogens (primary N) is 1. The number of nitrogens with zero attached hydrogens (tertiary/aromatic N) is 3. The van der Waals surface area contributed by atoms with Crippen LogP contribution in [0.25, 0.3) is 16.8 Å². The highest BCUT2D eigenvalue weighted by Crippen LogP contribution is 2.38. The Hall–Kier alpha value is -1.60. The van der Waals surface area contributed by atoms with Gasteiger partial charge < -0.3 is 16.0 Å². The van der Waals surface area contributed by atoms with Crippen LogP contribution in [0.15, 0.2) is 30.6 Å². The van der Waals surface area contributed by atoms with Gasteiger partial charge in [0.05, 0.1) is 11.9 Å². The van der Waals surface area contributed by atoms with Gasteiger partial charge in [0.25, 0.3) is 0 Å². The first kappa shape index (κ1) is 24.1. The lowest BCUT2D eigenvalue weighted by molar-refractivity contribution is 0.688. The van der Waals surface area contributed by atoms with Crippen molar-refractivity contribution >= 4 is 52.1 Å². The average Bonchev–Trinajstić information content (AvgIpc) is 3.15. The molecule has 0 aliphatic heterocycles. The maximum atomic E-state index is 6.61. The van der Waals surface area contributed by atoms with Crippen molar-refractivity contribution < 1.29 is 0 Å². The second-order valence-electron chi connectivity index (χ2n) is 7.88. The summed E-state index contributed by atoms with van der Waals surface area (Å²) < 4.78 is 2.16. The van der Waals surface area contributed by atoms with E-state index in [1.54, 1.807) is 6.07 Å². The highest BCUT2D eigenvalue weighted by atomic mass is 35.5. The van der Waals surface area contributed by atoms with E-state index in [-0.39, 0.29) is 0 Å². The number of aromatic nitrogens is 2. The quantitative estimate of drug-likeness (QED) is 0.371. The third-order valence-electron chi connectivity index (χ3n) is 5.27. The molecule has 3 aromatic rings. The number of halogens is 2. The van der Waals surface area contributed by atoms with Crippen LogP contribution in [0.4, 0.5) is 11.5 Å². The van der Waals surface area contributed by atoms with Gasteiger partial charge in [-0.1, -0.05) is 43.1 Å². The summed E-state index contributed by atoms with van der Waals surface area (Å²) in [7, 11) is 0. The van der Waals surface area contributed by atoms with Crippen LogP contribution in [-0.4, -0.2) is 41.0 Å². The van der Waals surface area contributed by atoms with Crippen molar-refractivity contribution in [2.45, 2.75) is 27.3 Å². The molecule has 2 heterocycles. The molecular weight excluding hydrogens is 449 g/mol. The van der Waals surface area contributed by atoms with Gasteiger partial charge in [0.2, 0.25) is 0 Å². The van der Waals surface area contributed by atoms with Crippen LogP contribution < -0.4 is 16.0 Å². The number of pyridine rings is 1. The number of hydrogen-bond acceptors (Lipinski definition) is 5. The smallest absolute Gasteiger partial charge is 0.162 e. The van der Waals surface area contributed by atoms with E-state index in [4.69, 9.17) is 33.9 Å². The number of fused-ring (bicyclic) bond motifs is 1.